The monoisotopic (exact) mass is 620 g/mol. The van der Waals surface area contributed by atoms with E-state index in [4.69, 9.17) is 14.2 Å². The highest BCUT2D eigenvalue weighted by molar-refractivity contribution is 5.22. The summed E-state index contributed by atoms with van der Waals surface area (Å²) < 4.78 is 20.0. The molecule has 0 radical (unpaired) electrons. The third-order valence-corrected chi connectivity index (χ3v) is 14.8. The van der Waals surface area contributed by atoms with E-state index in [1.165, 1.54) is 5.57 Å². The Morgan fingerprint density at radius 2 is 1.50 bits per heavy atom. The normalized spacial score (nSPS) is 56.6. The number of ether oxygens (including phenoxy) is 3. The van der Waals surface area contributed by atoms with E-state index in [-0.39, 0.29) is 51.8 Å². The SMILES string of the molecule is CC(C)=C[C@H]1C[C@](C)(O[C@@H]2O[C@H](CO)[C@@H](O)[C@H](O)[C@H]2O)[C@H]2CC[C@]3(C)[C@@H]2[C@@H](C[C@@H]2[C@@]4(C)CC[C@H](O)C(C)(C)[C@@H]4CC[C@]23C)O1. The Kier molecular flexibility index (Phi) is 8.31. The smallest absolute Gasteiger partial charge is 0.187 e. The van der Waals surface area contributed by atoms with Gasteiger partial charge in [0.05, 0.1) is 30.5 Å². The highest BCUT2D eigenvalue weighted by atomic mass is 16.7. The third-order valence-electron chi connectivity index (χ3n) is 14.8. The average molecular weight is 621 g/mol. The molecule has 16 atom stereocenters. The molecule has 0 spiro atoms. The summed E-state index contributed by atoms with van der Waals surface area (Å²) >= 11 is 0. The first-order valence-electron chi connectivity index (χ1n) is 17.4. The average Bonchev–Trinajstić information content (AvgIpc) is 3.27. The van der Waals surface area contributed by atoms with Crippen LogP contribution in [0.25, 0.3) is 0 Å². The lowest BCUT2D eigenvalue weighted by molar-refractivity contribution is -0.333. The highest BCUT2D eigenvalue weighted by Gasteiger charge is 2.72. The van der Waals surface area contributed by atoms with Gasteiger partial charge in [-0.1, -0.05) is 46.3 Å². The fourth-order valence-electron chi connectivity index (χ4n) is 12.4. The van der Waals surface area contributed by atoms with E-state index in [1.54, 1.807) is 0 Å². The largest absolute Gasteiger partial charge is 0.394 e. The summed E-state index contributed by atoms with van der Waals surface area (Å²) in [5.74, 6) is 1.34. The second-order valence-electron chi connectivity index (χ2n) is 17.6. The number of fused-ring (bicyclic) bond motifs is 4. The van der Waals surface area contributed by atoms with Gasteiger partial charge in [0.15, 0.2) is 6.29 Å². The van der Waals surface area contributed by atoms with Gasteiger partial charge in [-0.3, -0.25) is 0 Å². The van der Waals surface area contributed by atoms with E-state index in [0.29, 0.717) is 18.3 Å². The Hall–Kier alpha value is -0.580. The Morgan fingerprint density at radius 3 is 2.16 bits per heavy atom. The van der Waals surface area contributed by atoms with Crippen LogP contribution in [0.3, 0.4) is 0 Å². The van der Waals surface area contributed by atoms with Crippen molar-refractivity contribution in [2.24, 2.45) is 45.3 Å². The molecule has 2 saturated heterocycles. The molecule has 6 fully saturated rings. The molecule has 44 heavy (non-hydrogen) atoms. The minimum absolute atomic E-state index is 0.0132. The maximum Gasteiger partial charge on any atom is 0.187 e. The fraction of sp³-hybridized carbons (Fsp3) is 0.944. The maximum atomic E-state index is 11.1. The van der Waals surface area contributed by atoms with Crippen LogP contribution in [-0.4, -0.2) is 86.8 Å². The number of aliphatic hydroxyl groups excluding tert-OH is 5. The minimum Gasteiger partial charge on any atom is -0.394 e. The Labute approximate surface area is 264 Å². The summed E-state index contributed by atoms with van der Waals surface area (Å²) in [5, 5.41) is 52.9. The zero-order valence-corrected chi connectivity index (χ0v) is 28.3. The molecule has 5 N–H and O–H groups in total. The quantitative estimate of drug-likeness (QED) is 0.294. The van der Waals surface area contributed by atoms with Crippen molar-refractivity contribution in [3.8, 4) is 0 Å². The molecule has 0 aromatic heterocycles. The van der Waals surface area contributed by atoms with Crippen LogP contribution in [0.15, 0.2) is 11.6 Å². The van der Waals surface area contributed by atoms with Crippen molar-refractivity contribution in [2.45, 2.75) is 161 Å². The molecule has 0 aromatic carbocycles. The van der Waals surface area contributed by atoms with Gasteiger partial charge in [-0.25, -0.2) is 0 Å². The maximum absolute atomic E-state index is 11.1. The molecule has 8 heteroatoms. The van der Waals surface area contributed by atoms with Crippen molar-refractivity contribution in [3.05, 3.63) is 11.6 Å². The molecule has 6 aliphatic rings. The molecule has 4 saturated carbocycles. The Balaban J connectivity index is 1.39. The third kappa shape index (κ3) is 4.67. The standard InChI is InChI=1S/C36H60O8/c1-19(2)15-20-17-36(8,44-31-30(41)29(40)28(39)23(18-37)43-31)21-9-13-35(7)27(21)22(42-20)16-25-33(5)12-11-26(38)32(3,4)24(33)10-14-34(25,35)6/h15,20-31,37-41H,9-14,16-18H2,1-8H3/t20-,21-,22+,23+,24-,25+,26-,27-,28+,29-,30+,31-,33-,34+,35+,36-/m0/s1. The first-order chi connectivity index (χ1) is 20.4. The molecule has 0 amide bonds. The first-order valence-corrected chi connectivity index (χ1v) is 17.4. The molecule has 0 unspecified atom stereocenters. The molecule has 4 aliphatic carbocycles. The predicted molar refractivity (Wildman–Crippen MR) is 166 cm³/mol. The second-order valence-corrected chi connectivity index (χ2v) is 17.6. The van der Waals surface area contributed by atoms with Gasteiger partial charge in [-0.2, -0.15) is 0 Å². The predicted octanol–water partition coefficient (Wildman–Crippen LogP) is 4.34. The van der Waals surface area contributed by atoms with Gasteiger partial charge >= 0.3 is 0 Å². The van der Waals surface area contributed by atoms with Gasteiger partial charge in [0.1, 0.15) is 24.4 Å². The van der Waals surface area contributed by atoms with E-state index < -0.39 is 42.9 Å². The lowest BCUT2D eigenvalue weighted by Crippen LogP contribution is -2.66. The highest BCUT2D eigenvalue weighted by Crippen LogP contribution is 2.76. The topological polar surface area (TPSA) is 129 Å². The summed E-state index contributed by atoms with van der Waals surface area (Å²) in [6.45, 7) is 18.0. The molecule has 6 rings (SSSR count). The number of allylic oxidation sites excluding steroid dienone is 1. The van der Waals surface area contributed by atoms with Crippen molar-refractivity contribution in [2.75, 3.05) is 6.61 Å². The Morgan fingerprint density at radius 1 is 0.818 bits per heavy atom. The van der Waals surface area contributed by atoms with Crippen LogP contribution in [0.1, 0.15) is 107 Å². The molecule has 252 valence electrons. The molecule has 8 nitrogen and oxygen atoms in total. The number of rotatable bonds is 4. The minimum atomic E-state index is -1.48. The van der Waals surface area contributed by atoms with E-state index >= 15 is 0 Å². The van der Waals surface area contributed by atoms with Crippen LogP contribution >= 0.6 is 0 Å². The first kappa shape index (κ1) is 33.3. The van der Waals surface area contributed by atoms with Gasteiger partial charge < -0.3 is 39.7 Å². The van der Waals surface area contributed by atoms with E-state index in [1.807, 2.05) is 0 Å². The van der Waals surface area contributed by atoms with Crippen molar-refractivity contribution < 1.29 is 39.7 Å². The van der Waals surface area contributed by atoms with Gasteiger partial charge in [0, 0.05) is 6.42 Å². The van der Waals surface area contributed by atoms with E-state index in [9.17, 15) is 25.5 Å². The van der Waals surface area contributed by atoms with Crippen molar-refractivity contribution in [3.63, 3.8) is 0 Å². The van der Waals surface area contributed by atoms with E-state index in [2.05, 4.69) is 61.5 Å². The molecule has 2 heterocycles. The molecule has 2 aliphatic heterocycles. The molecular weight excluding hydrogens is 560 g/mol. The number of hydrogen-bond acceptors (Lipinski definition) is 8. The second kappa shape index (κ2) is 11.0. The summed E-state index contributed by atoms with van der Waals surface area (Å²) in [6, 6.07) is 0. The lowest BCUT2D eigenvalue weighted by atomic mass is 9.35. The van der Waals surface area contributed by atoms with Gasteiger partial charge in [0.25, 0.3) is 0 Å². The zero-order chi connectivity index (χ0) is 32.2. The molecule has 0 bridgehead atoms. The van der Waals surface area contributed by atoms with Gasteiger partial charge in [-0.15, -0.1) is 0 Å². The van der Waals surface area contributed by atoms with Crippen LogP contribution in [0, 0.1) is 45.3 Å². The number of aliphatic hydroxyl groups is 5. The van der Waals surface area contributed by atoms with Crippen molar-refractivity contribution >= 4 is 0 Å². The van der Waals surface area contributed by atoms with Crippen molar-refractivity contribution in [1.29, 1.82) is 0 Å². The number of hydrogen-bond donors (Lipinski definition) is 5. The van der Waals surface area contributed by atoms with Crippen LogP contribution in [0.4, 0.5) is 0 Å². The summed E-state index contributed by atoms with van der Waals surface area (Å²) in [5.41, 5.74) is 0.572. The summed E-state index contributed by atoms with van der Waals surface area (Å²) in [7, 11) is 0. The van der Waals surface area contributed by atoms with E-state index in [0.717, 1.165) is 44.9 Å². The zero-order valence-electron chi connectivity index (χ0n) is 28.3. The lowest BCUT2D eigenvalue weighted by Gasteiger charge is -2.70. The van der Waals surface area contributed by atoms with Gasteiger partial charge in [0.2, 0.25) is 0 Å². The van der Waals surface area contributed by atoms with Crippen LogP contribution in [0.2, 0.25) is 0 Å². The van der Waals surface area contributed by atoms with Crippen LogP contribution in [0.5, 0.6) is 0 Å². The fourth-order valence-corrected chi connectivity index (χ4v) is 12.4. The molecule has 0 aromatic rings. The molecular formula is C36H60O8. The Bertz CT molecular complexity index is 1120. The summed E-state index contributed by atoms with van der Waals surface area (Å²) in [6.07, 6.45) is 3.09. The van der Waals surface area contributed by atoms with Crippen LogP contribution < -0.4 is 0 Å². The van der Waals surface area contributed by atoms with Gasteiger partial charge in [-0.05, 0) is 111 Å². The van der Waals surface area contributed by atoms with Crippen LogP contribution in [-0.2, 0) is 14.2 Å². The van der Waals surface area contributed by atoms with Crippen molar-refractivity contribution in [1.82, 2.24) is 0 Å². The summed E-state index contributed by atoms with van der Waals surface area (Å²) in [4.78, 5) is 0.